The number of rotatable bonds is 19. The first-order valence-corrected chi connectivity index (χ1v) is 35.0. The van der Waals surface area contributed by atoms with Crippen molar-refractivity contribution >= 4 is 93.2 Å². The molecule has 10 rings (SSSR count). The molecule has 0 aliphatic carbocycles. The van der Waals surface area contributed by atoms with Crippen molar-refractivity contribution in [2.45, 2.75) is 62.9 Å². The summed E-state index contributed by atoms with van der Waals surface area (Å²) >= 11 is 8.72. The zero-order chi connectivity index (χ0) is 65.2. The first-order valence-electron chi connectivity index (χ1n) is 30.2. The van der Waals surface area contributed by atoms with Crippen molar-refractivity contribution in [1.29, 1.82) is 0 Å². The van der Waals surface area contributed by atoms with Crippen molar-refractivity contribution in [3.8, 4) is 39.6 Å². The monoisotopic (exact) mass is 1430 g/mol. The molecule has 8 heterocycles. The molecule has 5 fully saturated rings. The number of nitrogens with zero attached hydrogens (tertiary/aromatic N) is 8. The standard InChI is InChI=1S/C59H77Cl2N11O19.In/c1-59(2)34-89-17-14-71(59)58(85)51-42-33-90-44-25-43(86-3)40(24-41(44)52(42)72(66-51)39-22-36(60)21-37(61)23-39)35-20-38(27-62-26-35)65-46(73)4-15-87-18-19-88-16-5-63-57(84)56-55(83)54(82)53(81)45(91-56)28-64-47(74)29-67-6-8-68(30-48(75)76)10-12-70(32-50(79)80)13-11-69(9-7-67)31-49(77)78;/h20-27,45,53-56,81-83H,4-19,28-34H2,1-3H3,(H,63,84)(H,64,74)(H,65,73)(H,75,76)(H,77,78)(H,79,80);/q;+3/p-3/t45-,53-,54+,55+,56-;/m0./s1. The third kappa shape index (κ3) is 17.3. The topological polar surface area (TPSA) is 346 Å². The third-order valence-corrected chi connectivity index (χ3v) is 20.7. The number of nitrogens with one attached hydrogen (secondary N) is 3. The van der Waals surface area contributed by atoms with E-state index in [1.165, 1.54) is 13.3 Å². The van der Waals surface area contributed by atoms with Crippen LogP contribution in [0.2, 0.25) is 10.0 Å². The van der Waals surface area contributed by atoms with E-state index in [4.69, 9.17) is 65.3 Å². The zero-order valence-corrected chi connectivity index (χ0v) is 55.9. The second-order valence-electron chi connectivity index (χ2n) is 23.4. The van der Waals surface area contributed by atoms with E-state index in [1.54, 1.807) is 46.1 Å². The largest absolute Gasteiger partial charge is 0.488 e. The van der Waals surface area contributed by atoms with Crippen LogP contribution >= 0.6 is 23.2 Å². The molecule has 6 N–H and O–H groups in total. The van der Waals surface area contributed by atoms with Crippen LogP contribution < -0.4 is 25.4 Å². The van der Waals surface area contributed by atoms with Crippen LogP contribution in [0.4, 0.5) is 5.69 Å². The maximum absolute atomic E-state index is 14.4. The number of ether oxygens (including phenoxy) is 6. The van der Waals surface area contributed by atoms with Crippen LogP contribution in [-0.4, -0.2) is 300 Å². The average Bonchev–Trinajstić information content (AvgIpc) is 1.44. The number of morpholine rings is 1. The summed E-state index contributed by atoms with van der Waals surface area (Å²) in [5.74, 6) is -2.99. The molecule has 2 aromatic carbocycles. The number of aliphatic hydroxyl groups excluding tert-OH is 3. The SMILES string of the molecule is COc1cc2c(cc1-c1cncc(NC(=O)CCOCCOCCNC(=O)[C@H]3O[C@@H](CNC(=O)CN4CCN5CCN6CCN(CC4)CC(=O)[O][In]([O]C(=O)C5)[O]C(=O)C6)[C@H](O)[C@@H](O)[C@H]3O)c1)-c1c(c(C(=O)N3CCOCC3(C)C)nn1-c1cc(Cl)cc(Cl)c1)CO2. The van der Waals surface area contributed by atoms with Crippen LogP contribution in [0.3, 0.4) is 0 Å². The minimum atomic E-state index is -4.31. The molecule has 6 aliphatic heterocycles. The van der Waals surface area contributed by atoms with E-state index >= 15 is 0 Å². The molecule has 2 unspecified atom stereocenters. The van der Waals surface area contributed by atoms with E-state index in [2.05, 4.69) is 20.9 Å². The van der Waals surface area contributed by atoms with Crippen LogP contribution in [0.25, 0.3) is 28.1 Å². The molecular formula is C59H74Cl2InN11O19. The van der Waals surface area contributed by atoms with Crippen molar-refractivity contribution in [2.24, 2.45) is 0 Å². The van der Waals surface area contributed by atoms with Crippen molar-refractivity contribution in [3.63, 3.8) is 0 Å². The number of halogens is 2. The molecular weight excluding hydrogens is 1350 g/mol. The number of aromatic nitrogens is 3. The second kappa shape index (κ2) is 31.3. The van der Waals surface area contributed by atoms with Gasteiger partial charge in [-0.3, -0.25) is 19.4 Å². The van der Waals surface area contributed by atoms with Gasteiger partial charge in [0.05, 0.1) is 82.0 Å². The molecule has 30 nitrogen and oxygen atoms in total. The number of anilines is 1. The van der Waals surface area contributed by atoms with E-state index < -0.39 is 88.5 Å². The number of methoxy groups -OCH3 is 1. The van der Waals surface area contributed by atoms with Crippen molar-refractivity contribution in [1.82, 2.24) is 49.9 Å². The van der Waals surface area contributed by atoms with Crippen molar-refractivity contribution in [2.75, 3.05) is 150 Å². The number of pyridine rings is 1. The van der Waals surface area contributed by atoms with E-state index in [9.17, 15) is 48.9 Å². The van der Waals surface area contributed by atoms with E-state index in [1.807, 2.05) is 39.5 Å². The van der Waals surface area contributed by atoms with Gasteiger partial charge in [0.25, 0.3) is 11.8 Å². The summed E-state index contributed by atoms with van der Waals surface area (Å²) in [6.07, 6.45) is -5.07. The summed E-state index contributed by atoms with van der Waals surface area (Å²) in [4.78, 5) is 106. The number of fused-ring (bicyclic) bond motifs is 10. The predicted molar refractivity (Wildman–Crippen MR) is 326 cm³/mol. The van der Waals surface area contributed by atoms with Gasteiger partial charge >= 0.3 is 190 Å². The molecule has 0 spiro atoms. The fraction of sp³-hybridized carbons (Fsp3) is 0.542. The molecule has 6 aliphatic rings. The van der Waals surface area contributed by atoms with E-state index in [0.717, 1.165) is 0 Å². The molecule has 496 valence electrons. The predicted octanol–water partition coefficient (Wildman–Crippen LogP) is -0.632. The van der Waals surface area contributed by atoms with Gasteiger partial charge in [-0.1, -0.05) is 23.2 Å². The number of hydrogen-bond donors (Lipinski definition) is 6. The first-order chi connectivity index (χ1) is 44.2. The molecule has 0 saturated carbocycles. The Hall–Kier alpha value is -6.30. The Kier molecular flexibility index (Phi) is 23.3. The van der Waals surface area contributed by atoms with Gasteiger partial charge in [0.1, 0.15) is 36.4 Å². The van der Waals surface area contributed by atoms with E-state index in [-0.39, 0.29) is 96.2 Å². The van der Waals surface area contributed by atoms with Crippen LogP contribution in [0.15, 0.2) is 48.8 Å². The molecule has 0 radical (unpaired) electrons. The Morgan fingerprint density at radius 2 is 1.38 bits per heavy atom. The van der Waals surface area contributed by atoms with Crippen LogP contribution in [0.5, 0.6) is 11.5 Å². The van der Waals surface area contributed by atoms with Gasteiger partial charge in [0, 0.05) is 57.7 Å². The Balaban J connectivity index is 0.670. The molecule has 4 amide bonds. The Morgan fingerprint density at radius 3 is 2.02 bits per heavy atom. The van der Waals surface area contributed by atoms with Crippen LogP contribution in [0, 0.1) is 0 Å². The van der Waals surface area contributed by atoms with Gasteiger partial charge in [-0.2, -0.15) is 5.10 Å². The average molecular weight is 1430 g/mol. The third-order valence-electron chi connectivity index (χ3n) is 16.3. The van der Waals surface area contributed by atoms with Gasteiger partial charge < -0.3 is 59.3 Å². The summed E-state index contributed by atoms with van der Waals surface area (Å²) in [6.45, 7) is 7.37. The number of hydrogen-bond acceptors (Lipinski definition) is 25. The molecule has 2 aromatic heterocycles. The summed E-state index contributed by atoms with van der Waals surface area (Å²) in [6, 6.07) is 10.4. The van der Waals surface area contributed by atoms with Crippen molar-refractivity contribution in [3.05, 3.63) is 70.1 Å². The van der Waals surface area contributed by atoms with E-state index in [0.29, 0.717) is 133 Å². The molecule has 4 aromatic rings. The zero-order valence-electron chi connectivity index (χ0n) is 51.1. The van der Waals surface area contributed by atoms with Gasteiger partial charge in [-0.25, -0.2) is 4.68 Å². The summed E-state index contributed by atoms with van der Waals surface area (Å²) < 4.78 is 52.8. The minimum absolute atomic E-state index is 0.0150. The number of aliphatic hydroxyl groups is 3. The molecule has 4 bridgehead atoms. The molecule has 33 heteroatoms. The summed E-state index contributed by atoms with van der Waals surface area (Å²) in [7, 11) is 1.53. The van der Waals surface area contributed by atoms with Crippen molar-refractivity contribution < 1.29 is 85.9 Å². The number of benzene rings is 2. The maximum Gasteiger partial charge on any atom is 0.275 e. The van der Waals surface area contributed by atoms with Gasteiger partial charge in [-0.05, 0) is 44.2 Å². The molecule has 92 heavy (non-hydrogen) atoms. The van der Waals surface area contributed by atoms with Crippen LogP contribution in [0.1, 0.15) is 36.3 Å². The van der Waals surface area contributed by atoms with Crippen LogP contribution in [-0.2, 0) is 62.9 Å². The fourth-order valence-electron chi connectivity index (χ4n) is 11.4. The second-order valence-corrected chi connectivity index (χ2v) is 27.9. The molecule has 5 saturated heterocycles. The Bertz CT molecular complexity index is 3310. The number of amides is 4. The summed E-state index contributed by atoms with van der Waals surface area (Å²) in [5.41, 5.74) is 3.48. The van der Waals surface area contributed by atoms with Gasteiger partial charge in [-0.15, -0.1) is 0 Å². The normalized spacial score (nSPS) is 24.4. The Morgan fingerprint density at radius 1 is 0.739 bits per heavy atom. The Labute approximate surface area is 548 Å². The minimum Gasteiger partial charge on any atom is -0.488 e. The first kappa shape index (κ1) is 68.6. The van der Waals surface area contributed by atoms with Gasteiger partial charge in [0.15, 0.2) is 11.8 Å². The summed E-state index contributed by atoms with van der Waals surface area (Å²) in [5, 5.41) is 46.1. The fourth-order valence-corrected chi connectivity index (χ4v) is 14.8. The number of carbonyl (C=O) groups excluding carboxylic acids is 7. The quantitative estimate of drug-likeness (QED) is 0.0637. The van der Waals surface area contributed by atoms with Gasteiger partial charge in [0.2, 0.25) is 5.91 Å². The molecule has 7 atom stereocenters. The smallest absolute Gasteiger partial charge is 0.275 e. The maximum atomic E-state index is 14.4. The number of carbonyl (C=O) groups is 7.